The van der Waals surface area contributed by atoms with E-state index in [9.17, 15) is 0 Å². The van der Waals surface area contributed by atoms with Crippen LogP contribution in [0.1, 0.15) is 125 Å². The lowest BCUT2D eigenvalue weighted by Crippen LogP contribution is -2.54. The van der Waals surface area contributed by atoms with E-state index in [1.807, 2.05) is 18.5 Å². The van der Waals surface area contributed by atoms with E-state index in [1.54, 1.807) is 0 Å². The van der Waals surface area contributed by atoms with E-state index in [2.05, 4.69) is 108 Å². The number of nitrogens with zero attached hydrogens (tertiary/aromatic N) is 2. The average molecular weight is 579 g/mol. The Kier molecular flexibility index (Phi) is 9.99. The third-order valence-electron chi connectivity index (χ3n) is 8.85. The van der Waals surface area contributed by atoms with Crippen molar-refractivity contribution in [3.63, 3.8) is 0 Å². The normalized spacial score (nSPS) is 23.2. The third kappa shape index (κ3) is 10.2. The topological polar surface area (TPSA) is 68.3 Å². The van der Waals surface area contributed by atoms with Crippen LogP contribution < -0.4 is 20.1 Å². The number of aryl methyl sites for hydroxylation is 1. The highest BCUT2D eigenvalue weighted by molar-refractivity contribution is 5.28. The van der Waals surface area contributed by atoms with E-state index in [1.165, 1.54) is 11.1 Å². The molecule has 2 fully saturated rings. The van der Waals surface area contributed by atoms with E-state index in [-0.39, 0.29) is 28.7 Å². The van der Waals surface area contributed by atoms with Crippen molar-refractivity contribution < 1.29 is 9.47 Å². The number of rotatable bonds is 13. The fourth-order valence-corrected chi connectivity index (χ4v) is 5.95. The molecule has 6 nitrogen and oxygen atoms in total. The molecule has 2 saturated carbocycles. The van der Waals surface area contributed by atoms with Crippen molar-refractivity contribution in [2.45, 2.75) is 161 Å². The monoisotopic (exact) mass is 578 g/mol. The van der Waals surface area contributed by atoms with Crippen molar-refractivity contribution in [2.24, 2.45) is 5.41 Å². The van der Waals surface area contributed by atoms with Crippen LogP contribution in [-0.2, 0) is 11.8 Å². The Morgan fingerprint density at radius 1 is 0.714 bits per heavy atom. The van der Waals surface area contributed by atoms with Gasteiger partial charge < -0.3 is 20.1 Å². The molecule has 2 N–H and O–H groups in total. The Hall–Kier alpha value is -2.18. The molecule has 2 aromatic rings. The summed E-state index contributed by atoms with van der Waals surface area (Å²) in [6.07, 6.45) is 12.9. The van der Waals surface area contributed by atoms with Crippen molar-refractivity contribution in [2.75, 3.05) is 0 Å². The van der Waals surface area contributed by atoms with Crippen molar-refractivity contribution in [3.05, 3.63) is 47.8 Å². The van der Waals surface area contributed by atoms with Crippen LogP contribution in [0.5, 0.6) is 11.8 Å². The maximum absolute atomic E-state index is 6.25. The van der Waals surface area contributed by atoms with Crippen LogP contribution in [0.25, 0.3) is 0 Å². The summed E-state index contributed by atoms with van der Waals surface area (Å²) >= 11 is 0. The highest BCUT2D eigenvalue weighted by Gasteiger charge is 2.36. The van der Waals surface area contributed by atoms with Crippen LogP contribution in [0.15, 0.2) is 36.7 Å². The van der Waals surface area contributed by atoms with Gasteiger partial charge in [-0.15, -0.1) is 0 Å². The van der Waals surface area contributed by atoms with Gasteiger partial charge in [-0.25, -0.2) is 9.97 Å². The van der Waals surface area contributed by atoms with Crippen LogP contribution in [0.3, 0.4) is 0 Å². The molecule has 6 heteroatoms. The highest BCUT2D eigenvalue weighted by Crippen LogP contribution is 2.35. The van der Waals surface area contributed by atoms with Gasteiger partial charge in [0.05, 0.1) is 0 Å². The first-order chi connectivity index (χ1) is 19.4. The molecule has 0 bridgehead atoms. The first-order valence-electron chi connectivity index (χ1n) is 16.2. The molecule has 4 rings (SSSR count). The summed E-state index contributed by atoms with van der Waals surface area (Å²) in [5.74, 6) is 1.50. The molecular formula is C36H58N4O2. The highest BCUT2D eigenvalue weighted by atomic mass is 16.5. The molecule has 0 aliphatic heterocycles. The summed E-state index contributed by atoms with van der Waals surface area (Å²) < 4.78 is 12.4. The average Bonchev–Trinajstić information content (AvgIpc) is 2.83. The minimum atomic E-state index is 0.0336. The number of ether oxygens (including phenoxy) is 2. The Morgan fingerprint density at radius 3 is 1.90 bits per heavy atom. The second kappa shape index (κ2) is 12.8. The van der Waals surface area contributed by atoms with Gasteiger partial charge >= 0.3 is 0 Å². The van der Waals surface area contributed by atoms with Crippen LogP contribution >= 0.6 is 0 Å². The molecule has 0 spiro atoms. The fourth-order valence-electron chi connectivity index (χ4n) is 5.95. The molecule has 42 heavy (non-hydrogen) atoms. The zero-order chi connectivity index (χ0) is 30.8. The van der Waals surface area contributed by atoms with Gasteiger partial charge in [-0.3, -0.25) is 0 Å². The van der Waals surface area contributed by atoms with Crippen LogP contribution in [0, 0.1) is 5.41 Å². The smallest absolute Gasteiger partial charge is 0.213 e. The van der Waals surface area contributed by atoms with E-state index < -0.39 is 0 Å². The molecule has 0 aromatic carbocycles. The first-order valence-corrected chi connectivity index (χ1v) is 16.2. The second-order valence-corrected chi connectivity index (χ2v) is 16.6. The van der Waals surface area contributed by atoms with E-state index in [0.29, 0.717) is 17.5 Å². The molecule has 2 heterocycles. The molecule has 0 atom stereocenters. The van der Waals surface area contributed by atoms with Crippen molar-refractivity contribution in [1.29, 1.82) is 0 Å². The Bertz CT molecular complexity index is 1130. The van der Waals surface area contributed by atoms with Crippen molar-refractivity contribution >= 4 is 0 Å². The van der Waals surface area contributed by atoms with Crippen LogP contribution in [-0.4, -0.2) is 45.3 Å². The molecule has 234 valence electrons. The minimum Gasteiger partial charge on any atom is -0.474 e. The lowest BCUT2D eigenvalue weighted by Gasteiger charge is -2.42. The van der Waals surface area contributed by atoms with Crippen molar-refractivity contribution in [3.8, 4) is 11.8 Å². The maximum Gasteiger partial charge on any atom is 0.213 e. The summed E-state index contributed by atoms with van der Waals surface area (Å²) in [7, 11) is 0. The molecule has 2 aromatic heterocycles. The van der Waals surface area contributed by atoms with Crippen molar-refractivity contribution in [1.82, 2.24) is 20.6 Å². The Labute approximate surface area is 256 Å². The predicted molar refractivity (Wildman–Crippen MR) is 173 cm³/mol. The Morgan fingerprint density at radius 2 is 1.33 bits per heavy atom. The SMILES string of the molecule is CC(C)(C)CCc1ccc(O[C@H]2C[C@@H](NC(C)(C)CCC(C)(C)c3ccnc(O[C@H]4C[C@@H](NC(C)(C)C)C4)c3)C2)nc1. The molecule has 2 aliphatic carbocycles. The maximum atomic E-state index is 6.25. The summed E-state index contributed by atoms with van der Waals surface area (Å²) in [6.45, 7) is 22.8. The van der Waals surface area contributed by atoms with E-state index >= 15 is 0 Å². The zero-order valence-electron chi connectivity index (χ0n) is 28.1. The number of hydrogen-bond acceptors (Lipinski definition) is 6. The second-order valence-electron chi connectivity index (χ2n) is 16.6. The molecule has 0 amide bonds. The quantitative estimate of drug-likeness (QED) is 0.253. The molecule has 0 saturated heterocycles. The molecular weight excluding hydrogens is 520 g/mol. The van der Waals surface area contributed by atoms with Crippen LogP contribution in [0.4, 0.5) is 0 Å². The number of aromatic nitrogens is 2. The number of hydrogen-bond donors (Lipinski definition) is 2. The van der Waals surface area contributed by atoms with E-state index in [0.717, 1.165) is 63.1 Å². The van der Waals surface area contributed by atoms with Gasteiger partial charge in [0, 0.05) is 47.7 Å². The largest absolute Gasteiger partial charge is 0.474 e. The fraction of sp³-hybridized carbons (Fsp3) is 0.722. The predicted octanol–water partition coefficient (Wildman–Crippen LogP) is 7.79. The minimum absolute atomic E-state index is 0.0336. The molecule has 2 aliphatic rings. The van der Waals surface area contributed by atoms with Gasteiger partial charge in [-0.05, 0) is 114 Å². The van der Waals surface area contributed by atoms with Gasteiger partial charge in [0.25, 0.3) is 0 Å². The number of nitrogens with one attached hydrogen (secondary N) is 2. The molecule has 0 radical (unpaired) electrons. The lowest BCUT2D eigenvalue weighted by atomic mass is 9.77. The summed E-state index contributed by atoms with van der Waals surface area (Å²) in [5, 5.41) is 7.57. The van der Waals surface area contributed by atoms with Gasteiger partial charge in [0.15, 0.2) is 0 Å². The summed E-state index contributed by atoms with van der Waals surface area (Å²) in [5.41, 5.74) is 3.14. The van der Waals surface area contributed by atoms with Crippen LogP contribution in [0.2, 0.25) is 0 Å². The molecule has 0 unspecified atom stereocenters. The Balaban J connectivity index is 1.18. The third-order valence-corrected chi connectivity index (χ3v) is 8.85. The van der Waals surface area contributed by atoms with Gasteiger partial charge in [0.2, 0.25) is 11.8 Å². The van der Waals surface area contributed by atoms with Gasteiger partial charge in [0.1, 0.15) is 12.2 Å². The van der Waals surface area contributed by atoms with Gasteiger partial charge in [-0.1, -0.05) is 40.7 Å². The lowest BCUT2D eigenvalue weighted by molar-refractivity contribution is 0.0652. The number of pyridine rings is 2. The van der Waals surface area contributed by atoms with E-state index in [4.69, 9.17) is 9.47 Å². The standard InChI is InChI=1S/C36H58N4O2/c1-33(2,3)15-13-25-11-12-31(38-24-25)41-29-22-28(23-29)40-36(9,10)17-16-35(7,8)26-14-18-37-32(19-26)42-30-20-27(21-30)39-34(4,5)6/h11-12,14,18-19,24,27-30,39-40H,13,15-17,20-23H2,1-10H3/t27-,28-,29+,30+. The summed E-state index contributed by atoms with van der Waals surface area (Å²) in [6, 6.07) is 9.53. The first kappa shape index (κ1) is 32.7. The summed E-state index contributed by atoms with van der Waals surface area (Å²) in [4.78, 5) is 9.10. The zero-order valence-corrected chi connectivity index (χ0v) is 28.1. The van der Waals surface area contributed by atoms with Gasteiger partial charge in [-0.2, -0.15) is 0 Å².